The molecule has 0 saturated carbocycles. The number of halogens is 2. The lowest BCUT2D eigenvalue weighted by molar-refractivity contribution is -0.174. The summed E-state index contributed by atoms with van der Waals surface area (Å²) < 4.78 is 18.9. The van der Waals surface area contributed by atoms with Crippen molar-refractivity contribution in [1.82, 2.24) is 4.90 Å². The Labute approximate surface area is 133 Å². The highest BCUT2D eigenvalue weighted by Crippen LogP contribution is 2.35. The van der Waals surface area contributed by atoms with E-state index < -0.39 is 17.5 Å². The van der Waals surface area contributed by atoms with Gasteiger partial charge >= 0.3 is 0 Å². The molecular formula is C16H19ClFNO3. The second kappa shape index (κ2) is 6.14. The van der Waals surface area contributed by atoms with Crippen LogP contribution in [0.5, 0.6) is 0 Å². The fourth-order valence-corrected chi connectivity index (χ4v) is 3.56. The summed E-state index contributed by atoms with van der Waals surface area (Å²) in [6.07, 6.45) is 2.37. The van der Waals surface area contributed by atoms with Crippen LogP contribution in [-0.4, -0.2) is 47.3 Å². The summed E-state index contributed by atoms with van der Waals surface area (Å²) >= 11 is 5.96. The second-order valence-electron chi connectivity index (χ2n) is 5.99. The predicted molar refractivity (Wildman–Crippen MR) is 80.5 cm³/mol. The number of amides is 1. The number of nitrogens with zero attached hydrogens (tertiary/aromatic N) is 1. The number of hydrogen-bond acceptors (Lipinski definition) is 3. The highest BCUT2D eigenvalue weighted by Gasteiger charge is 2.44. The first-order valence-electron chi connectivity index (χ1n) is 7.58. The standard InChI is InChI=1S/C16H19ClFNO3/c17-13-10-11(18)3-4-12(13)15(21)19-7-5-16(6-8-19)14(20)2-1-9-22-16/h3-4,10,14,20H,1-2,5-9H2/t14-/m1/s1. The van der Waals surface area contributed by atoms with Crippen molar-refractivity contribution in [3.63, 3.8) is 0 Å². The van der Waals surface area contributed by atoms with Crippen LogP contribution >= 0.6 is 11.6 Å². The van der Waals surface area contributed by atoms with E-state index in [-0.39, 0.29) is 10.9 Å². The summed E-state index contributed by atoms with van der Waals surface area (Å²) in [6.45, 7) is 1.67. The second-order valence-corrected chi connectivity index (χ2v) is 6.39. The third-order valence-electron chi connectivity index (χ3n) is 4.68. The molecule has 6 heteroatoms. The number of benzene rings is 1. The number of carbonyl (C=O) groups excluding carboxylic acids is 1. The minimum atomic E-state index is -0.512. The maximum atomic E-state index is 13.1. The van der Waals surface area contributed by atoms with E-state index in [4.69, 9.17) is 16.3 Å². The molecule has 1 amide bonds. The topological polar surface area (TPSA) is 49.8 Å². The third kappa shape index (κ3) is 2.85. The summed E-state index contributed by atoms with van der Waals surface area (Å²) in [4.78, 5) is 14.2. The Hall–Kier alpha value is -1.17. The molecular weight excluding hydrogens is 309 g/mol. The summed E-state index contributed by atoms with van der Waals surface area (Å²) in [7, 11) is 0. The monoisotopic (exact) mass is 327 g/mol. The molecule has 1 atom stereocenters. The Morgan fingerprint density at radius 3 is 2.77 bits per heavy atom. The van der Waals surface area contributed by atoms with E-state index in [9.17, 15) is 14.3 Å². The van der Waals surface area contributed by atoms with Crippen molar-refractivity contribution in [1.29, 1.82) is 0 Å². The van der Waals surface area contributed by atoms with Gasteiger partial charge in [-0.05, 0) is 43.9 Å². The lowest BCUT2D eigenvalue weighted by Gasteiger charge is -2.46. The quantitative estimate of drug-likeness (QED) is 0.862. The molecule has 0 radical (unpaired) electrons. The zero-order chi connectivity index (χ0) is 15.7. The van der Waals surface area contributed by atoms with Crippen LogP contribution in [0.3, 0.4) is 0 Å². The summed E-state index contributed by atoms with van der Waals surface area (Å²) in [5.41, 5.74) is -0.203. The number of ether oxygens (including phenoxy) is 1. The summed E-state index contributed by atoms with van der Waals surface area (Å²) in [6, 6.07) is 3.79. The highest BCUT2D eigenvalue weighted by atomic mass is 35.5. The Morgan fingerprint density at radius 2 is 2.14 bits per heavy atom. The molecule has 2 aliphatic heterocycles. The van der Waals surface area contributed by atoms with Crippen molar-refractivity contribution in [3.8, 4) is 0 Å². The van der Waals surface area contributed by atoms with Gasteiger partial charge in [0, 0.05) is 19.7 Å². The van der Waals surface area contributed by atoms with Crippen LogP contribution in [0.25, 0.3) is 0 Å². The molecule has 2 fully saturated rings. The number of rotatable bonds is 1. The maximum Gasteiger partial charge on any atom is 0.255 e. The number of hydrogen-bond donors (Lipinski definition) is 1. The first-order valence-corrected chi connectivity index (χ1v) is 7.96. The van der Waals surface area contributed by atoms with Gasteiger partial charge in [0.25, 0.3) is 5.91 Å². The Morgan fingerprint density at radius 1 is 1.41 bits per heavy atom. The van der Waals surface area contributed by atoms with Crippen molar-refractivity contribution in [2.24, 2.45) is 0 Å². The molecule has 1 spiro atoms. The normalized spacial score (nSPS) is 24.5. The lowest BCUT2D eigenvalue weighted by atomic mass is 9.82. The molecule has 0 aromatic heterocycles. The molecule has 2 saturated heterocycles. The van der Waals surface area contributed by atoms with Gasteiger partial charge in [-0.1, -0.05) is 11.6 Å². The van der Waals surface area contributed by atoms with Crippen LogP contribution in [-0.2, 0) is 4.74 Å². The molecule has 1 aromatic rings. The van der Waals surface area contributed by atoms with Gasteiger partial charge in [-0.25, -0.2) is 4.39 Å². The van der Waals surface area contributed by atoms with E-state index in [1.54, 1.807) is 4.90 Å². The predicted octanol–water partition coefficient (Wildman–Crippen LogP) is 2.63. The molecule has 4 nitrogen and oxygen atoms in total. The van der Waals surface area contributed by atoms with Crippen molar-refractivity contribution < 1.29 is 19.0 Å². The van der Waals surface area contributed by atoms with Crippen LogP contribution in [0, 0.1) is 5.82 Å². The van der Waals surface area contributed by atoms with Crippen molar-refractivity contribution in [2.75, 3.05) is 19.7 Å². The van der Waals surface area contributed by atoms with E-state index in [1.807, 2.05) is 0 Å². The van der Waals surface area contributed by atoms with Gasteiger partial charge in [-0.2, -0.15) is 0 Å². The van der Waals surface area contributed by atoms with E-state index in [2.05, 4.69) is 0 Å². The average molecular weight is 328 g/mol. The fourth-order valence-electron chi connectivity index (χ4n) is 3.31. The van der Waals surface area contributed by atoms with Gasteiger partial charge < -0.3 is 14.7 Å². The maximum absolute atomic E-state index is 13.1. The number of aliphatic hydroxyl groups excluding tert-OH is 1. The fraction of sp³-hybridized carbons (Fsp3) is 0.562. The molecule has 0 bridgehead atoms. The van der Waals surface area contributed by atoms with E-state index in [0.717, 1.165) is 18.9 Å². The molecule has 1 N–H and O–H groups in total. The molecule has 0 unspecified atom stereocenters. The van der Waals surface area contributed by atoms with Gasteiger partial charge in [0.15, 0.2) is 0 Å². The zero-order valence-electron chi connectivity index (χ0n) is 12.2. The van der Waals surface area contributed by atoms with Crippen LogP contribution in [0.15, 0.2) is 18.2 Å². The first-order chi connectivity index (χ1) is 10.5. The smallest absolute Gasteiger partial charge is 0.255 e. The van der Waals surface area contributed by atoms with E-state index >= 15 is 0 Å². The minimum absolute atomic E-state index is 0.124. The SMILES string of the molecule is O=C(c1ccc(F)cc1Cl)N1CCC2(CC1)OCCC[C@H]2O. The van der Waals surface area contributed by atoms with Crippen molar-refractivity contribution in [2.45, 2.75) is 37.4 Å². The summed E-state index contributed by atoms with van der Waals surface area (Å²) in [5, 5.41) is 10.3. The lowest BCUT2D eigenvalue weighted by Crippen LogP contribution is -2.56. The van der Waals surface area contributed by atoms with E-state index in [0.29, 0.717) is 38.1 Å². The average Bonchev–Trinajstić information content (AvgIpc) is 2.51. The minimum Gasteiger partial charge on any atom is -0.390 e. The van der Waals surface area contributed by atoms with Gasteiger partial charge in [-0.15, -0.1) is 0 Å². The largest absolute Gasteiger partial charge is 0.390 e. The molecule has 3 rings (SSSR count). The number of likely N-dealkylation sites (tertiary alicyclic amines) is 1. The van der Waals surface area contributed by atoms with Crippen LogP contribution < -0.4 is 0 Å². The Bertz CT molecular complexity index is 573. The van der Waals surface area contributed by atoms with Crippen LogP contribution in [0.2, 0.25) is 5.02 Å². The van der Waals surface area contributed by atoms with E-state index in [1.165, 1.54) is 12.1 Å². The highest BCUT2D eigenvalue weighted by molar-refractivity contribution is 6.33. The van der Waals surface area contributed by atoms with Crippen molar-refractivity contribution in [3.05, 3.63) is 34.6 Å². The molecule has 2 aliphatic rings. The number of carbonyl (C=O) groups is 1. The molecule has 120 valence electrons. The molecule has 0 aliphatic carbocycles. The van der Waals surface area contributed by atoms with Gasteiger partial charge in [-0.3, -0.25) is 4.79 Å². The zero-order valence-corrected chi connectivity index (χ0v) is 13.0. The third-order valence-corrected chi connectivity index (χ3v) is 4.99. The molecule has 2 heterocycles. The van der Waals surface area contributed by atoms with Crippen molar-refractivity contribution >= 4 is 17.5 Å². The molecule has 22 heavy (non-hydrogen) atoms. The van der Waals surface area contributed by atoms with Crippen LogP contribution in [0.1, 0.15) is 36.0 Å². The Kier molecular flexibility index (Phi) is 4.39. The van der Waals surface area contributed by atoms with Gasteiger partial charge in [0.2, 0.25) is 0 Å². The summed E-state index contributed by atoms with van der Waals surface area (Å²) in [5.74, 6) is -0.664. The molecule has 1 aromatic carbocycles. The number of aliphatic hydroxyl groups is 1. The first kappa shape index (κ1) is 15.7. The number of piperidine rings is 1. The van der Waals surface area contributed by atoms with Crippen LogP contribution in [0.4, 0.5) is 4.39 Å². The van der Waals surface area contributed by atoms with Gasteiger partial charge in [0.05, 0.1) is 22.3 Å². The Balaban J connectivity index is 1.69. The van der Waals surface area contributed by atoms with Gasteiger partial charge in [0.1, 0.15) is 5.82 Å².